The van der Waals surface area contributed by atoms with E-state index >= 15 is 0 Å². The first-order valence-electron chi connectivity index (χ1n) is 6.53. The number of nitrogens with zero attached hydrogens (tertiary/aromatic N) is 7. The molecule has 3 rings (SSSR count). The molecule has 3 heterocycles. The standard InChI is InChI=1S/C13H17N7/c1-5-20-11(6-9(2)16-20)12-15-13(19(4)17-12)10-7-14-18(3)8-10/h6-8H,5H2,1-4H3. The zero-order valence-corrected chi connectivity index (χ0v) is 12.1. The number of aryl methyl sites for hydroxylation is 4. The van der Waals surface area contributed by atoms with Gasteiger partial charge in [0.25, 0.3) is 0 Å². The highest BCUT2D eigenvalue weighted by Crippen LogP contribution is 2.22. The van der Waals surface area contributed by atoms with Gasteiger partial charge in [0.05, 0.1) is 17.5 Å². The van der Waals surface area contributed by atoms with Crippen molar-refractivity contribution in [3.63, 3.8) is 0 Å². The molecule has 0 unspecified atom stereocenters. The van der Waals surface area contributed by atoms with Crippen molar-refractivity contribution in [1.82, 2.24) is 34.3 Å². The third-order valence-corrected chi connectivity index (χ3v) is 3.16. The van der Waals surface area contributed by atoms with E-state index in [2.05, 4.69) is 27.2 Å². The first kappa shape index (κ1) is 12.6. The minimum Gasteiger partial charge on any atom is -0.275 e. The van der Waals surface area contributed by atoms with Crippen LogP contribution in [0.25, 0.3) is 22.9 Å². The van der Waals surface area contributed by atoms with E-state index in [1.165, 1.54) is 0 Å². The van der Waals surface area contributed by atoms with Crippen molar-refractivity contribution < 1.29 is 0 Å². The second-order valence-corrected chi connectivity index (χ2v) is 4.77. The fourth-order valence-electron chi connectivity index (χ4n) is 2.25. The van der Waals surface area contributed by atoms with E-state index in [9.17, 15) is 0 Å². The van der Waals surface area contributed by atoms with Gasteiger partial charge < -0.3 is 0 Å². The summed E-state index contributed by atoms with van der Waals surface area (Å²) in [5.74, 6) is 1.49. The maximum atomic E-state index is 4.62. The second kappa shape index (κ2) is 4.59. The lowest BCUT2D eigenvalue weighted by Crippen LogP contribution is -2.00. The van der Waals surface area contributed by atoms with Crippen LogP contribution >= 0.6 is 0 Å². The Balaban J connectivity index is 2.08. The molecule has 0 atom stereocenters. The van der Waals surface area contributed by atoms with Crippen LogP contribution in [0.5, 0.6) is 0 Å². The lowest BCUT2D eigenvalue weighted by atomic mass is 10.3. The van der Waals surface area contributed by atoms with Crippen molar-refractivity contribution in [1.29, 1.82) is 0 Å². The SMILES string of the molecule is CCn1nc(C)cc1-c1nc(-c2cnn(C)c2)n(C)n1. The molecule has 0 saturated heterocycles. The minimum atomic E-state index is 0.689. The molecular formula is C13H17N7. The van der Waals surface area contributed by atoms with E-state index < -0.39 is 0 Å². The maximum absolute atomic E-state index is 4.62. The largest absolute Gasteiger partial charge is 0.275 e. The Morgan fingerprint density at radius 1 is 1.20 bits per heavy atom. The van der Waals surface area contributed by atoms with Crippen LogP contribution in [0.4, 0.5) is 0 Å². The zero-order valence-electron chi connectivity index (χ0n) is 12.1. The number of rotatable bonds is 3. The van der Waals surface area contributed by atoms with Crippen LogP contribution in [0, 0.1) is 6.92 Å². The summed E-state index contributed by atoms with van der Waals surface area (Å²) in [7, 11) is 3.77. The molecule has 7 nitrogen and oxygen atoms in total. The van der Waals surface area contributed by atoms with Gasteiger partial charge >= 0.3 is 0 Å². The van der Waals surface area contributed by atoms with Gasteiger partial charge in [0.15, 0.2) is 11.6 Å². The van der Waals surface area contributed by atoms with E-state index in [-0.39, 0.29) is 0 Å². The molecule has 0 spiro atoms. The van der Waals surface area contributed by atoms with Gasteiger partial charge in [0.2, 0.25) is 0 Å². The fourth-order valence-corrected chi connectivity index (χ4v) is 2.25. The van der Waals surface area contributed by atoms with Crippen molar-refractivity contribution in [2.45, 2.75) is 20.4 Å². The molecule has 0 N–H and O–H groups in total. The van der Waals surface area contributed by atoms with Crippen molar-refractivity contribution >= 4 is 0 Å². The van der Waals surface area contributed by atoms with E-state index in [0.29, 0.717) is 5.82 Å². The minimum absolute atomic E-state index is 0.689. The van der Waals surface area contributed by atoms with Crippen LogP contribution in [0.3, 0.4) is 0 Å². The summed E-state index contributed by atoms with van der Waals surface area (Å²) in [4.78, 5) is 4.62. The zero-order chi connectivity index (χ0) is 14.3. The lowest BCUT2D eigenvalue weighted by Gasteiger charge is -1.98. The number of hydrogen-bond acceptors (Lipinski definition) is 4. The summed E-state index contributed by atoms with van der Waals surface area (Å²) in [6.07, 6.45) is 3.71. The van der Waals surface area contributed by atoms with Crippen LogP contribution in [0.15, 0.2) is 18.5 Å². The summed E-state index contributed by atoms with van der Waals surface area (Å²) < 4.78 is 5.44. The van der Waals surface area contributed by atoms with Gasteiger partial charge in [-0.2, -0.15) is 10.2 Å². The normalized spacial score (nSPS) is 11.2. The Morgan fingerprint density at radius 3 is 2.65 bits per heavy atom. The van der Waals surface area contributed by atoms with Crippen molar-refractivity contribution in [3.05, 3.63) is 24.2 Å². The third kappa shape index (κ3) is 2.01. The highest BCUT2D eigenvalue weighted by molar-refractivity contribution is 5.58. The molecule has 3 aromatic rings. The number of aromatic nitrogens is 7. The predicted octanol–water partition coefficient (Wildman–Crippen LogP) is 1.41. The smallest absolute Gasteiger partial charge is 0.200 e. The Bertz CT molecular complexity index is 747. The quantitative estimate of drug-likeness (QED) is 0.722. The Hall–Kier alpha value is -2.44. The van der Waals surface area contributed by atoms with Crippen molar-refractivity contribution in [2.75, 3.05) is 0 Å². The average Bonchev–Trinajstić information content (AvgIpc) is 3.08. The lowest BCUT2D eigenvalue weighted by molar-refractivity contribution is 0.656. The van der Waals surface area contributed by atoms with Gasteiger partial charge in [-0.1, -0.05) is 0 Å². The van der Waals surface area contributed by atoms with Crippen molar-refractivity contribution in [3.8, 4) is 22.9 Å². The molecule has 0 aliphatic rings. The van der Waals surface area contributed by atoms with Gasteiger partial charge in [-0.3, -0.25) is 9.36 Å². The van der Waals surface area contributed by atoms with E-state index in [1.54, 1.807) is 15.6 Å². The molecule has 0 bridgehead atoms. The van der Waals surface area contributed by atoms with Gasteiger partial charge in [-0.15, -0.1) is 5.10 Å². The van der Waals surface area contributed by atoms with Crippen LogP contribution in [-0.4, -0.2) is 34.3 Å². The summed E-state index contributed by atoms with van der Waals surface area (Å²) in [5, 5.41) is 13.1. The van der Waals surface area contributed by atoms with Gasteiger partial charge in [0.1, 0.15) is 5.69 Å². The molecule has 3 aromatic heterocycles. The summed E-state index contributed by atoms with van der Waals surface area (Å²) in [6.45, 7) is 4.82. The van der Waals surface area contributed by atoms with Gasteiger partial charge in [-0.25, -0.2) is 9.67 Å². The van der Waals surface area contributed by atoms with E-state index in [4.69, 9.17) is 0 Å². The maximum Gasteiger partial charge on any atom is 0.200 e. The molecule has 0 amide bonds. The van der Waals surface area contributed by atoms with Crippen LogP contribution < -0.4 is 0 Å². The summed E-state index contributed by atoms with van der Waals surface area (Å²) >= 11 is 0. The molecule has 0 saturated carbocycles. The highest BCUT2D eigenvalue weighted by Gasteiger charge is 2.16. The second-order valence-electron chi connectivity index (χ2n) is 4.77. The molecule has 0 aliphatic heterocycles. The molecule has 7 heteroatoms. The Kier molecular flexibility index (Phi) is 2.89. The monoisotopic (exact) mass is 271 g/mol. The first-order chi connectivity index (χ1) is 9.58. The average molecular weight is 271 g/mol. The van der Waals surface area contributed by atoms with Gasteiger partial charge in [0, 0.05) is 26.8 Å². The number of hydrogen-bond donors (Lipinski definition) is 0. The Labute approximate surface area is 116 Å². The summed E-state index contributed by atoms with van der Waals surface area (Å²) in [6, 6.07) is 2.01. The topological polar surface area (TPSA) is 66.3 Å². The third-order valence-electron chi connectivity index (χ3n) is 3.16. The molecule has 104 valence electrons. The van der Waals surface area contributed by atoms with Gasteiger partial charge in [-0.05, 0) is 19.9 Å². The summed E-state index contributed by atoms with van der Waals surface area (Å²) in [5.41, 5.74) is 2.86. The molecule has 0 aromatic carbocycles. The molecular weight excluding hydrogens is 254 g/mol. The highest BCUT2D eigenvalue weighted by atomic mass is 15.4. The molecule has 20 heavy (non-hydrogen) atoms. The van der Waals surface area contributed by atoms with Crippen LogP contribution in [-0.2, 0) is 20.6 Å². The van der Waals surface area contributed by atoms with E-state index in [1.807, 2.05) is 38.0 Å². The predicted molar refractivity (Wildman–Crippen MR) is 74.8 cm³/mol. The van der Waals surface area contributed by atoms with Crippen molar-refractivity contribution in [2.24, 2.45) is 14.1 Å². The van der Waals surface area contributed by atoms with Crippen LogP contribution in [0.1, 0.15) is 12.6 Å². The fraction of sp³-hybridized carbons (Fsp3) is 0.385. The molecule has 0 radical (unpaired) electrons. The Morgan fingerprint density at radius 2 is 2.00 bits per heavy atom. The van der Waals surface area contributed by atoms with E-state index in [0.717, 1.165) is 29.3 Å². The first-order valence-corrected chi connectivity index (χ1v) is 6.53. The van der Waals surface area contributed by atoms with Crippen LogP contribution in [0.2, 0.25) is 0 Å². The molecule has 0 aliphatic carbocycles. The molecule has 0 fully saturated rings.